The fourth-order valence-electron chi connectivity index (χ4n) is 2.84. The van der Waals surface area contributed by atoms with E-state index in [9.17, 15) is 8.78 Å². The topological polar surface area (TPSA) is 42.2 Å². The molecule has 130 valence electrons. The van der Waals surface area contributed by atoms with Crippen molar-refractivity contribution in [3.05, 3.63) is 82.8 Å². The van der Waals surface area contributed by atoms with Crippen LogP contribution in [0.15, 0.2) is 47.1 Å². The summed E-state index contributed by atoms with van der Waals surface area (Å²) in [5, 5.41) is 0. The molecule has 0 saturated heterocycles. The van der Waals surface area contributed by atoms with Gasteiger partial charge in [-0.25, -0.2) is 13.8 Å². The highest BCUT2D eigenvalue weighted by Crippen LogP contribution is 2.30. The van der Waals surface area contributed by atoms with Crippen molar-refractivity contribution in [2.24, 2.45) is 0 Å². The van der Waals surface area contributed by atoms with Crippen LogP contribution in [-0.2, 0) is 6.54 Å². The molecule has 0 amide bonds. The number of hydrogen-bond donors (Lipinski definition) is 0. The van der Waals surface area contributed by atoms with Crippen molar-refractivity contribution in [3.63, 3.8) is 0 Å². The van der Waals surface area contributed by atoms with Gasteiger partial charge in [-0.3, -0.25) is 9.88 Å². The summed E-state index contributed by atoms with van der Waals surface area (Å²) in [5.41, 5.74) is 2.00. The maximum atomic E-state index is 14.4. The number of halogens is 2. The van der Waals surface area contributed by atoms with Crippen molar-refractivity contribution in [2.75, 3.05) is 7.05 Å². The van der Waals surface area contributed by atoms with Gasteiger partial charge >= 0.3 is 0 Å². The molecule has 2 aromatic heterocycles. The fourth-order valence-corrected chi connectivity index (χ4v) is 2.84. The zero-order valence-electron chi connectivity index (χ0n) is 14.3. The molecule has 3 aromatic rings. The predicted molar refractivity (Wildman–Crippen MR) is 89.9 cm³/mol. The molecule has 0 unspecified atom stereocenters. The predicted octanol–water partition coefficient (Wildman–Crippen LogP) is 4.19. The second-order valence-electron chi connectivity index (χ2n) is 6.02. The van der Waals surface area contributed by atoms with Crippen LogP contribution in [0.4, 0.5) is 8.78 Å². The molecule has 2 heterocycles. The molecule has 25 heavy (non-hydrogen) atoms. The molecule has 0 fully saturated rings. The van der Waals surface area contributed by atoms with Gasteiger partial charge in [0.25, 0.3) is 0 Å². The van der Waals surface area contributed by atoms with E-state index in [-0.39, 0.29) is 0 Å². The van der Waals surface area contributed by atoms with Crippen molar-refractivity contribution in [2.45, 2.75) is 26.4 Å². The molecule has 1 aromatic carbocycles. The lowest BCUT2D eigenvalue weighted by atomic mass is 9.98. The Kier molecular flexibility index (Phi) is 4.90. The van der Waals surface area contributed by atoms with Gasteiger partial charge in [-0.1, -0.05) is 12.1 Å². The van der Waals surface area contributed by atoms with E-state index in [4.69, 9.17) is 4.42 Å². The molecule has 1 atom stereocenters. The first-order chi connectivity index (χ1) is 12.0. The van der Waals surface area contributed by atoms with Crippen LogP contribution in [0.25, 0.3) is 0 Å². The third-order valence-electron chi connectivity index (χ3n) is 4.16. The van der Waals surface area contributed by atoms with Crippen LogP contribution in [0.3, 0.4) is 0 Å². The summed E-state index contributed by atoms with van der Waals surface area (Å²) in [7, 11) is 1.84. The van der Waals surface area contributed by atoms with Crippen molar-refractivity contribution < 1.29 is 13.2 Å². The van der Waals surface area contributed by atoms with Crippen molar-refractivity contribution in [1.82, 2.24) is 14.9 Å². The molecule has 6 heteroatoms. The average molecular weight is 343 g/mol. The first-order valence-electron chi connectivity index (χ1n) is 7.93. The third kappa shape index (κ3) is 3.74. The Balaban J connectivity index is 1.98. The van der Waals surface area contributed by atoms with Crippen LogP contribution in [0.5, 0.6) is 0 Å². The Hall–Kier alpha value is -2.60. The summed E-state index contributed by atoms with van der Waals surface area (Å²) in [5.74, 6) is 0.108. The molecule has 3 rings (SSSR count). The number of nitrogens with zero attached hydrogens (tertiary/aromatic N) is 3. The second kappa shape index (κ2) is 7.11. The largest absolute Gasteiger partial charge is 0.444 e. The summed E-state index contributed by atoms with van der Waals surface area (Å²) >= 11 is 0. The summed E-state index contributed by atoms with van der Waals surface area (Å²) < 4.78 is 33.4. The molecule has 0 N–H and O–H groups in total. The molecule has 0 aliphatic rings. The maximum Gasteiger partial charge on any atom is 0.208 e. The van der Waals surface area contributed by atoms with Crippen LogP contribution < -0.4 is 0 Å². The van der Waals surface area contributed by atoms with E-state index in [1.54, 1.807) is 18.5 Å². The van der Waals surface area contributed by atoms with E-state index in [1.165, 1.54) is 12.1 Å². The molecular weight excluding hydrogens is 324 g/mol. The molecule has 0 radical (unpaired) electrons. The molecular formula is C19H19F2N3O. The first-order valence-corrected chi connectivity index (χ1v) is 7.93. The van der Waals surface area contributed by atoms with Crippen molar-refractivity contribution in [3.8, 4) is 0 Å². The number of aromatic nitrogens is 2. The highest BCUT2D eigenvalue weighted by molar-refractivity contribution is 5.31. The number of pyridine rings is 1. The summed E-state index contributed by atoms with van der Waals surface area (Å²) in [6.07, 6.45) is 3.33. The zero-order chi connectivity index (χ0) is 18.0. The van der Waals surface area contributed by atoms with Gasteiger partial charge in [-0.15, -0.1) is 0 Å². The number of hydrogen-bond acceptors (Lipinski definition) is 4. The van der Waals surface area contributed by atoms with E-state index in [2.05, 4.69) is 9.97 Å². The lowest BCUT2D eigenvalue weighted by molar-refractivity contribution is 0.236. The van der Waals surface area contributed by atoms with E-state index in [0.717, 1.165) is 23.1 Å². The van der Waals surface area contributed by atoms with Gasteiger partial charge in [-0.05, 0) is 38.6 Å². The molecule has 0 saturated carbocycles. The minimum absolute atomic E-state index is 0.372. The Morgan fingerprint density at radius 1 is 1.20 bits per heavy atom. The van der Waals surface area contributed by atoms with Crippen molar-refractivity contribution in [1.29, 1.82) is 0 Å². The minimum Gasteiger partial charge on any atom is -0.444 e. The standard InChI is InChI=1S/C19H19F2N3O/c1-12-13(2)25-18(23-12)11-24(3)19(14-5-4-8-22-10-14)16-7-6-15(20)9-17(16)21/h4-10,19H,11H2,1-3H3/t19-/m0/s1. The Bertz CT molecular complexity index is 845. The number of aryl methyl sites for hydroxylation is 2. The highest BCUT2D eigenvalue weighted by atomic mass is 19.1. The van der Waals surface area contributed by atoms with Crippen LogP contribution in [0.1, 0.15) is 34.5 Å². The van der Waals surface area contributed by atoms with Gasteiger partial charge in [0, 0.05) is 24.0 Å². The number of oxazole rings is 1. The lowest BCUT2D eigenvalue weighted by Gasteiger charge is -2.28. The van der Waals surface area contributed by atoms with Gasteiger partial charge in [0.1, 0.15) is 17.4 Å². The molecule has 0 spiro atoms. The Morgan fingerprint density at radius 2 is 2.00 bits per heavy atom. The monoisotopic (exact) mass is 343 g/mol. The summed E-state index contributed by atoms with van der Waals surface area (Å²) in [6, 6.07) is 6.83. The van der Waals surface area contributed by atoms with E-state index < -0.39 is 17.7 Å². The van der Waals surface area contributed by atoms with Crippen LogP contribution >= 0.6 is 0 Å². The Morgan fingerprint density at radius 3 is 2.60 bits per heavy atom. The first kappa shape index (κ1) is 17.2. The van der Waals surface area contributed by atoms with Gasteiger partial charge in [0.15, 0.2) is 0 Å². The smallest absolute Gasteiger partial charge is 0.208 e. The van der Waals surface area contributed by atoms with Crippen LogP contribution in [0, 0.1) is 25.5 Å². The van der Waals surface area contributed by atoms with E-state index in [1.807, 2.05) is 31.9 Å². The third-order valence-corrected chi connectivity index (χ3v) is 4.16. The van der Waals surface area contributed by atoms with Gasteiger partial charge in [-0.2, -0.15) is 0 Å². The minimum atomic E-state index is -0.604. The van der Waals surface area contributed by atoms with Crippen molar-refractivity contribution >= 4 is 0 Å². The quantitative estimate of drug-likeness (QED) is 0.697. The van der Waals surface area contributed by atoms with Gasteiger partial charge in [0.2, 0.25) is 5.89 Å². The SMILES string of the molecule is Cc1nc(CN(C)[C@@H](c2cccnc2)c2ccc(F)cc2F)oc1C. The van der Waals surface area contributed by atoms with E-state index in [0.29, 0.717) is 18.0 Å². The summed E-state index contributed by atoms with van der Waals surface area (Å²) in [6.45, 7) is 4.11. The summed E-state index contributed by atoms with van der Waals surface area (Å²) in [4.78, 5) is 10.4. The molecule has 4 nitrogen and oxygen atoms in total. The van der Waals surface area contributed by atoms with Gasteiger partial charge in [0.05, 0.1) is 18.3 Å². The van der Waals surface area contributed by atoms with Crippen LogP contribution in [-0.4, -0.2) is 21.9 Å². The molecule has 0 aliphatic carbocycles. The molecule has 0 aliphatic heterocycles. The second-order valence-corrected chi connectivity index (χ2v) is 6.02. The number of benzene rings is 1. The average Bonchev–Trinajstić information content (AvgIpc) is 2.88. The van der Waals surface area contributed by atoms with Crippen LogP contribution in [0.2, 0.25) is 0 Å². The Labute approximate surface area is 145 Å². The van der Waals surface area contributed by atoms with E-state index >= 15 is 0 Å². The normalized spacial score (nSPS) is 12.6. The highest BCUT2D eigenvalue weighted by Gasteiger charge is 2.24. The molecule has 0 bridgehead atoms. The maximum absolute atomic E-state index is 14.4. The van der Waals surface area contributed by atoms with Gasteiger partial charge < -0.3 is 4.42 Å². The lowest BCUT2D eigenvalue weighted by Crippen LogP contribution is -2.26. The number of rotatable bonds is 5. The fraction of sp³-hybridized carbons (Fsp3) is 0.263. The zero-order valence-corrected chi connectivity index (χ0v) is 14.3.